The Hall–Kier alpha value is -0.880. The first-order valence-corrected chi connectivity index (χ1v) is 7.15. The predicted octanol–water partition coefficient (Wildman–Crippen LogP) is 2.29. The highest BCUT2D eigenvalue weighted by molar-refractivity contribution is 9.15. The van der Waals surface area contributed by atoms with E-state index in [2.05, 4.69) is 15.9 Å². The van der Waals surface area contributed by atoms with Gasteiger partial charge >= 0.3 is 0 Å². The van der Waals surface area contributed by atoms with E-state index in [1.165, 1.54) is 22.6 Å². The van der Waals surface area contributed by atoms with Crippen molar-refractivity contribution in [2.45, 2.75) is 6.54 Å². The number of hydrogen-bond donors (Lipinski definition) is 0. The van der Waals surface area contributed by atoms with Crippen LogP contribution < -0.4 is 0 Å². The molecule has 0 aliphatic carbocycles. The average molecular weight is 306 g/mol. The molecule has 2 rings (SSSR count). The van der Waals surface area contributed by atoms with Crippen LogP contribution in [0, 0.1) is 5.82 Å². The Morgan fingerprint density at radius 1 is 1.44 bits per heavy atom. The van der Waals surface area contributed by atoms with E-state index in [4.69, 9.17) is 0 Å². The number of halogens is 2. The Labute approximate surface area is 102 Å². The molecule has 1 aliphatic heterocycles. The van der Waals surface area contributed by atoms with Gasteiger partial charge in [0.2, 0.25) is 10.0 Å². The molecule has 1 aliphatic rings. The standard InChI is InChI=1S/C10H9BrFNO2S/c1-16(14,15)13-5-7-2-3-8(12)4-9(7)10(11)6-13/h2-4,6H,5H2,1H3. The van der Waals surface area contributed by atoms with Crippen LogP contribution >= 0.6 is 15.9 Å². The SMILES string of the molecule is CS(=O)(=O)N1C=C(Br)c2cc(F)ccc2C1. The van der Waals surface area contributed by atoms with Gasteiger partial charge in [0.15, 0.2) is 0 Å². The first-order valence-electron chi connectivity index (χ1n) is 4.51. The maximum atomic E-state index is 13.0. The Bertz CT molecular complexity index is 568. The minimum Gasteiger partial charge on any atom is -0.272 e. The third-order valence-corrected chi connectivity index (χ3v) is 4.06. The molecule has 0 radical (unpaired) electrons. The molecule has 0 unspecified atom stereocenters. The number of benzene rings is 1. The van der Waals surface area contributed by atoms with Crippen LogP contribution in [0.15, 0.2) is 24.4 Å². The van der Waals surface area contributed by atoms with Gasteiger partial charge < -0.3 is 0 Å². The van der Waals surface area contributed by atoms with E-state index in [-0.39, 0.29) is 12.4 Å². The smallest absolute Gasteiger partial charge is 0.232 e. The molecule has 0 bridgehead atoms. The normalized spacial score (nSPS) is 15.7. The second-order valence-corrected chi connectivity index (χ2v) is 6.38. The summed E-state index contributed by atoms with van der Waals surface area (Å²) in [5.74, 6) is -0.336. The van der Waals surface area contributed by atoms with E-state index >= 15 is 0 Å². The molecule has 0 saturated heterocycles. The molecular weight excluding hydrogens is 297 g/mol. The van der Waals surface area contributed by atoms with Crippen molar-refractivity contribution in [1.82, 2.24) is 4.31 Å². The summed E-state index contributed by atoms with van der Waals surface area (Å²) >= 11 is 3.24. The molecule has 0 amide bonds. The molecule has 0 saturated carbocycles. The maximum absolute atomic E-state index is 13.0. The van der Waals surface area contributed by atoms with Gasteiger partial charge in [0.25, 0.3) is 0 Å². The summed E-state index contributed by atoms with van der Waals surface area (Å²) in [4.78, 5) is 0. The van der Waals surface area contributed by atoms with E-state index in [9.17, 15) is 12.8 Å². The zero-order chi connectivity index (χ0) is 11.9. The van der Waals surface area contributed by atoms with Gasteiger partial charge in [0.1, 0.15) is 5.82 Å². The molecule has 0 N–H and O–H groups in total. The van der Waals surface area contributed by atoms with Gasteiger partial charge in [-0.3, -0.25) is 4.31 Å². The highest BCUT2D eigenvalue weighted by Gasteiger charge is 2.21. The number of nitrogens with zero attached hydrogens (tertiary/aromatic N) is 1. The molecule has 86 valence electrons. The molecule has 0 spiro atoms. The fourth-order valence-corrected chi connectivity index (χ4v) is 2.95. The second kappa shape index (κ2) is 3.85. The lowest BCUT2D eigenvalue weighted by molar-refractivity contribution is 0.498. The predicted molar refractivity (Wildman–Crippen MR) is 63.7 cm³/mol. The minimum atomic E-state index is -3.28. The molecule has 1 heterocycles. The van der Waals surface area contributed by atoms with Crippen molar-refractivity contribution < 1.29 is 12.8 Å². The third-order valence-electron chi connectivity index (χ3n) is 2.34. The summed E-state index contributed by atoms with van der Waals surface area (Å²) in [7, 11) is -3.28. The van der Waals surface area contributed by atoms with Crippen LogP contribution in [0.5, 0.6) is 0 Å². The van der Waals surface area contributed by atoms with E-state index in [1.807, 2.05) is 0 Å². The van der Waals surface area contributed by atoms with Crippen LogP contribution in [-0.2, 0) is 16.6 Å². The zero-order valence-electron chi connectivity index (χ0n) is 8.44. The van der Waals surface area contributed by atoms with Crippen LogP contribution in [0.2, 0.25) is 0 Å². The molecular formula is C10H9BrFNO2S. The van der Waals surface area contributed by atoms with Gasteiger partial charge in [0, 0.05) is 10.7 Å². The zero-order valence-corrected chi connectivity index (χ0v) is 10.8. The highest BCUT2D eigenvalue weighted by atomic mass is 79.9. The molecule has 1 aromatic carbocycles. The van der Waals surface area contributed by atoms with E-state index in [0.29, 0.717) is 10.0 Å². The largest absolute Gasteiger partial charge is 0.272 e. The average Bonchev–Trinajstić information content (AvgIpc) is 2.17. The van der Waals surface area contributed by atoms with Gasteiger partial charge in [0.05, 0.1) is 12.8 Å². The van der Waals surface area contributed by atoms with Crippen molar-refractivity contribution in [3.63, 3.8) is 0 Å². The van der Waals surface area contributed by atoms with E-state index in [1.54, 1.807) is 6.07 Å². The molecule has 0 atom stereocenters. The first kappa shape index (κ1) is 11.6. The number of fused-ring (bicyclic) bond motifs is 1. The Morgan fingerprint density at radius 2 is 2.12 bits per heavy atom. The van der Waals surface area contributed by atoms with Crippen molar-refractivity contribution in [1.29, 1.82) is 0 Å². The summed E-state index contributed by atoms with van der Waals surface area (Å²) in [5, 5.41) is 0. The third kappa shape index (κ3) is 2.12. The minimum absolute atomic E-state index is 0.240. The Balaban J connectivity index is 2.51. The van der Waals surface area contributed by atoms with Gasteiger partial charge in [-0.15, -0.1) is 0 Å². The summed E-state index contributed by atoms with van der Waals surface area (Å²) in [6, 6.07) is 4.30. The summed E-state index contributed by atoms with van der Waals surface area (Å²) in [6.45, 7) is 0.240. The second-order valence-electron chi connectivity index (χ2n) is 3.59. The Morgan fingerprint density at radius 3 is 2.75 bits per heavy atom. The number of rotatable bonds is 1. The monoisotopic (exact) mass is 305 g/mol. The molecule has 0 fully saturated rings. The molecule has 3 nitrogen and oxygen atoms in total. The van der Waals surface area contributed by atoms with Gasteiger partial charge in [-0.05, 0) is 39.2 Å². The van der Waals surface area contributed by atoms with Crippen molar-refractivity contribution >= 4 is 30.4 Å². The van der Waals surface area contributed by atoms with E-state index < -0.39 is 10.0 Å². The van der Waals surface area contributed by atoms with Crippen molar-refractivity contribution in [3.8, 4) is 0 Å². The van der Waals surface area contributed by atoms with Gasteiger partial charge in [-0.2, -0.15) is 0 Å². The first-order chi connectivity index (χ1) is 7.38. The lowest BCUT2D eigenvalue weighted by Gasteiger charge is -2.25. The van der Waals surface area contributed by atoms with Crippen LogP contribution in [0.1, 0.15) is 11.1 Å². The van der Waals surface area contributed by atoms with Crippen LogP contribution in [-0.4, -0.2) is 19.0 Å². The van der Waals surface area contributed by atoms with Gasteiger partial charge in [-0.25, -0.2) is 12.8 Å². The van der Waals surface area contributed by atoms with Crippen LogP contribution in [0.4, 0.5) is 4.39 Å². The maximum Gasteiger partial charge on any atom is 0.232 e. The van der Waals surface area contributed by atoms with Crippen molar-refractivity contribution in [3.05, 3.63) is 41.3 Å². The quantitative estimate of drug-likeness (QED) is 0.798. The molecule has 0 aromatic heterocycles. The number of sulfonamides is 1. The highest BCUT2D eigenvalue weighted by Crippen LogP contribution is 2.32. The van der Waals surface area contributed by atoms with Gasteiger partial charge in [-0.1, -0.05) is 6.07 Å². The lowest BCUT2D eigenvalue weighted by atomic mass is 10.1. The van der Waals surface area contributed by atoms with Crippen molar-refractivity contribution in [2.24, 2.45) is 0 Å². The molecule has 16 heavy (non-hydrogen) atoms. The fraction of sp³-hybridized carbons (Fsp3) is 0.200. The summed E-state index contributed by atoms with van der Waals surface area (Å²) < 4.78 is 37.6. The Kier molecular flexibility index (Phi) is 2.79. The molecule has 1 aromatic rings. The summed E-state index contributed by atoms with van der Waals surface area (Å²) in [5.41, 5.74) is 1.47. The van der Waals surface area contributed by atoms with E-state index in [0.717, 1.165) is 11.8 Å². The topological polar surface area (TPSA) is 37.4 Å². The van der Waals surface area contributed by atoms with Crippen LogP contribution in [0.3, 0.4) is 0 Å². The summed E-state index contributed by atoms with van der Waals surface area (Å²) in [6.07, 6.45) is 2.59. The van der Waals surface area contributed by atoms with Crippen molar-refractivity contribution in [2.75, 3.05) is 6.26 Å². The number of hydrogen-bond acceptors (Lipinski definition) is 2. The lowest BCUT2D eigenvalue weighted by Crippen LogP contribution is -2.27. The van der Waals surface area contributed by atoms with Crippen LogP contribution in [0.25, 0.3) is 4.48 Å². The fourth-order valence-electron chi connectivity index (χ4n) is 1.53. The molecule has 6 heteroatoms.